The van der Waals surface area contributed by atoms with Gasteiger partial charge in [-0.15, -0.1) is 0 Å². The molecule has 1 atom stereocenters. The molecule has 1 aliphatic rings. The largest absolute Gasteiger partial charge is 0.493 e. The molecule has 0 fully saturated rings. The van der Waals surface area contributed by atoms with Crippen LogP contribution in [0.4, 0.5) is 0 Å². The summed E-state index contributed by atoms with van der Waals surface area (Å²) in [6.07, 6.45) is 0.483. The zero-order valence-electron chi connectivity index (χ0n) is 13.0. The van der Waals surface area contributed by atoms with Crippen LogP contribution in [0.1, 0.15) is 27.4 Å². The van der Waals surface area contributed by atoms with Crippen molar-refractivity contribution in [1.82, 2.24) is 5.32 Å². The monoisotopic (exact) mass is 311 g/mol. The van der Waals surface area contributed by atoms with E-state index in [0.717, 1.165) is 11.1 Å². The Bertz CT molecular complexity index is 769. The Morgan fingerprint density at radius 2 is 1.74 bits per heavy atom. The highest BCUT2D eigenvalue weighted by Gasteiger charge is 2.32. The molecule has 5 heteroatoms. The van der Waals surface area contributed by atoms with Crippen LogP contribution in [0.3, 0.4) is 0 Å². The summed E-state index contributed by atoms with van der Waals surface area (Å²) in [5, 5.41) is 2.42. The zero-order valence-corrected chi connectivity index (χ0v) is 13.0. The second-order valence-electron chi connectivity index (χ2n) is 5.35. The number of methoxy groups -OCH3 is 2. The van der Waals surface area contributed by atoms with Gasteiger partial charge in [0.05, 0.1) is 20.1 Å². The van der Waals surface area contributed by atoms with E-state index in [1.54, 1.807) is 26.4 Å². The van der Waals surface area contributed by atoms with Crippen LogP contribution in [0, 0.1) is 0 Å². The van der Waals surface area contributed by atoms with Crippen molar-refractivity contribution in [2.45, 2.75) is 12.3 Å². The lowest BCUT2D eigenvalue weighted by molar-refractivity contribution is -0.121. The SMILES string of the molecule is COc1ccc(CC2C(=O)NC(=O)c3ccccc32)cc1OC. The number of rotatable bonds is 4. The normalized spacial score (nSPS) is 16.5. The summed E-state index contributed by atoms with van der Waals surface area (Å²) in [5.74, 6) is 0.241. The van der Waals surface area contributed by atoms with E-state index in [1.807, 2.05) is 30.3 Å². The quantitative estimate of drug-likeness (QED) is 0.880. The van der Waals surface area contributed by atoms with Gasteiger partial charge in [-0.25, -0.2) is 0 Å². The maximum atomic E-state index is 12.3. The molecule has 0 saturated heterocycles. The first-order chi connectivity index (χ1) is 11.1. The van der Waals surface area contributed by atoms with E-state index < -0.39 is 5.92 Å². The minimum Gasteiger partial charge on any atom is -0.493 e. The van der Waals surface area contributed by atoms with Crippen molar-refractivity contribution < 1.29 is 19.1 Å². The van der Waals surface area contributed by atoms with Crippen molar-refractivity contribution in [2.24, 2.45) is 0 Å². The highest BCUT2D eigenvalue weighted by atomic mass is 16.5. The number of benzene rings is 2. The number of nitrogens with one attached hydrogen (secondary N) is 1. The summed E-state index contributed by atoms with van der Waals surface area (Å²) >= 11 is 0. The predicted octanol–water partition coefficient (Wildman–Crippen LogP) is 2.30. The van der Waals surface area contributed by atoms with E-state index >= 15 is 0 Å². The van der Waals surface area contributed by atoms with Crippen LogP contribution in [-0.4, -0.2) is 26.0 Å². The Balaban J connectivity index is 1.95. The molecule has 0 aromatic heterocycles. The lowest BCUT2D eigenvalue weighted by Crippen LogP contribution is -2.41. The first-order valence-corrected chi connectivity index (χ1v) is 7.29. The lowest BCUT2D eigenvalue weighted by Gasteiger charge is -2.24. The van der Waals surface area contributed by atoms with Crippen LogP contribution in [-0.2, 0) is 11.2 Å². The molecule has 2 aromatic rings. The van der Waals surface area contributed by atoms with Gasteiger partial charge in [0.2, 0.25) is 5.91 Å². The number of fused-ring (bicyclic) bond motifs is 1. The topological polar surface area (TPSA) is 64.6 Å². The summed E-state index contributed by atoms with van der Waals surface area (Å²) in [7, 11) is 3.15. The zero-order chi connectivity index (χ0) is 16.4. The average molecular weight is 311 g/mol. The van der Waals surface area contributed by atoms with Crippen LogP contribution in [0.15, 0.2) is 42.5 Å². The highest BCUT2D eigenvalue weighted by Crippen LogP contribution is 2.32. The number of amides is 2. The van der Waals surface area contributed by atoms with E-state index in [1.165, 1.54) is 0 Å². The molecule has 1 aliphatic heterocycles. The first-order valence-electron chi connectivity index (χ1n) is 7.29. The van der Waals surface area contributed by atoms with E-state index in [-0.39, 0.29) is 11.8 Å². The minimum atomic E-state index is -0.401. The van der Waals surface area contributed by atoms with Crippen LogP contribution in [0.2, 0.25) is 0 Å². The average Bonchev–Trinajstić information content (AvgIpc) is 2.58. The minimum absolute atomic E-state index is 0.275. The third-order valence-corrected chi connectivity index (χ3v) is 4.02. The number of carbonyl (C=O) groups is 2. The molecule has 1 N–H and O–H groups in total. The fraction of sp³-hybridized carbons (Fsp3) is 0.222. The molecule has 23 heavy (non-hydrogen) atoms. The number of carbonyl (C=O) groups excluding carboxylic acids is 2. The van der Waals surface area contributed by atoms with Crippen LogP contribution >= 0.6 is 0 Å². The smallest absolute Gasteiger partial charge is 0.258 e. The Labute approximate surface area is 134 Å². The van der Waals surface area contributed by atoms with Crippen LogP contribution in [0.25, 0.3) is 0 Å². The van der Waals surface area contributed by atoms with E-state index in [2.05, 4.69) is 5.32 Å². The summed E-state index contributed by atoms with van der Waals surface area (Å²) in [6.45, 7) is 0. The van der Waals surface area contributed by atoms with Crippen molar-refractivity contribution >= 4 is 11.8 Å². The Morgan fingerprint density at radius 1 is 1.00 bits per heavy atom. The molecule has 0 spiro atoms. The Hall–Kier alpha value is -2.82. The van der Waals surface area contributed by atoms with Crippen molar-refractivity contribution in [2.75, 3.05) is 14.2 Å². The molecule has 0 aliphatic carbocycles. The van der Waals surface area contributed by atoms with Crippen molar-refractivity contribution in [3.63, 3.8) is 0 Å². The van der Waals surface area contributed by atoms with Crippen molar-refractivity contribution in [3.8, 4) is 11.5 Å². The highest BCUT2D eigenvalue weighted by molar-refractivity contribution is 6.11. The molecule has 3 rings (SSSR count). The molecule has 0 bridgehead atoms. The van der Waals surface area contributed by atoms with Gasteiger partial charge in [0.15, 0.2) is 11.5 Å². The fourth-order valence-electron chi connectivity index (χ4n) is 2.86. The summed E-state index contributed by atoms with van der Waals surface area (Å²) in [4.78, 5) is 24.2. The number of imide groups is 1. The van der Waals surface area contributed by atoms with Gasteiger partial charge in [-0.3, -0.25) is 14.9 Å². The third kappa shape index (κ3) is 2.77. The summed E-state index contributed by atoms with van der Waals surface area (Å²) in [5.41, 5.74) is 2.25. The molecule has 2 amide bonds. The molecule has 5 nitrogen and oxygen atoms in total. The van der Waals surface area contributed by atoms with Gasteiger partial charge in [0, 0.05) is 5.56 Å². The van der Waals surface area contributed by atoms with Crippen LogP contribution in [0.5, 0.6) is 11.5 Å². The van der Waals surface area contributed by atoms with Gasteiger partial charge >= 0.3 is 0 Å². The molecule has 1 heterocycles. The molecule has 118 valence electrons. The fourth-order valence-corrected chi connectivity index (χ4v) is 2.86. The van der Waals surface area contributed by atoms with E-state index in [9.17, 15) is 9.59 Å². The van der Waals surface area contributed by atoms with Gasteiger partial charge < -0.3 is 9.47 Å². The molecule has 0 saturated carbocycles. The second kappa shape index (κ2) is 6.12. The third-order valence-electron chi connectivity index (χ3n) is 4.02. The Kier molecular flexibility index (Phi) is 4.02. The van der Waals surface area contributed by atoms with Crippen LogP contribution < -0.4 is 14.8 Å². The van der Waals surface area contributed by atoms with E-state index in [4.69, 9.17) is 9.47 Å². The molecular formula is C18H17NO4. The predicted molar refractivity (Wildman–Crippen MR) is 84.9 cm³/mol. The number of hydrogen-bond acceptors (Lipinski definition) is 4. The molecule has 1 unspecified atom stereocenters. The van der Waals surface area contributed by atoms with Gasteiger partial charge in [-0.2, -0.15) is 0 Å². The van der Waals surface area contributed by atoms with Gasteiger partial charge in [0.1, 0.15) is 0 Å². The van der Waals surface area contributed by atoms with Gasteiger partial charge in [0.25, 0.3) is 5.91 Å². The number of hydrogen-bond donors (Lipinski definition) is 1. The maximum Gasteiger partial charge on any atom is 0.258 e. The maximum absolute atomic E-state index is 12.3. The summed E-state index contributed by atoms with van der Waals surface area (Å²) < 4.78 is 10.5. The van der Waals surface area contributed by atoms with Crippen molar-refractivity contribution in [1.29, 1.82) is 0 Å². The molecule has 2 aromatic carbocycles. The Morgan fingerprint density at radius 3 is 2.48 bits per heavy atom. The molecular weight excluding hydrogens is 294 g/mol. The van der Waals surface area contributed by atoms with E-state index in [0.29, 0.717) is 23.5 Å². The van der Waals surface area contributed by atoms with Gasteiger partial charge in [-0.1, -0.05) is 24.3 Å². The molecule has 0 radical (unpaired) electrons. The van der Waals surface area contributed by atoms with Gasteiger partial charge in [-0.05, 0) is 35.7 Å². The summed E-state index contributed by atoms with van der Waals surface area (Å²) in [6, 6.07) is 12.8. The first kappa shape index (κ1) is 15.1. The lowest BCUT2D eigenvalue weighted by atomic mass is 9.85. The standard InChI is InChI=1S/C18H17NO4/c1-22-15-8-7-11(10-16(15)23-2)9-14-12-5-3-4-6-13(12)17(20)19-18(14)21/h3-8,10,14H,9H2,1-2H3,(H,19,20,21). The second-order valence-corrected chi connectivity index (χ2v) is 5.35. The number of ether oxygens (including phenoxy) is 2. The van der Waals surface area contributed by atoms with Crippen molar-refractivity contribution in [3.05, 3.63) is 59.2 Å².